The highest BCUT2D eigenvalue weighted by Gasteiger charge is 2.07. The number of hydrogen-bond donors (Lipinski definition) is 1. The molecule has 0 aliphatic carbocycles. The molecule has 0 spiro atoms. The number of anilines is 1. The number of benzene rings is 1. The zero-order valence-corrected chi connectivity index (χ0v) is 10.3. The van der Waals surface area contributed by atoms with Gasteiger partial charge in [-0.15, -0.1) is 11.3 Å². The van der Waals surface area contributed by atoms with Crippen molar-refractivity contribution < 1.29 is 0 Å². The molecule has 1 aromatic carbocycles. The molecule has 0 saturated carbocycles. The summed E-state index contributed by atoms with van der Waals surface area (Å²) in [6.45, 7) is 0.727. The van der Waals surface area contributed by atoms with Gasteiger partial charge in [-0.2, -0.15) is 4.68 Å². The fourth-order valence-electron chi connectivity index (χ4n) is 1.62. The Bertz CT molecular complexity index is 602. The fourth-order valence-corrected chi connectivity index (χ4v) is 2.26. The van der Waals surface area contributed by atoms with Gasteiger partial charge in [-0.25, -0.2) is 0 Å². The number of nitrogens with zero attached hydrogens (tertiary/aromatic N) is 4. The van der Waals surface area contributed by atoms with Gasteiger partial charge >= 0.3 is 0 Å². The third kappa shape index (κ3) is 2.23. The number of hydrogen-bond acceptors (Lipinski definition) is 5. The van der Waals surface area contributed by atoms with Gasteiger partial charge in [0.1, 0.15) is 0 Å². The van der Waals surface area contributed by atoms with Gasteiger partial charge in [-0.05, 0) is 34.0 Å². The number of para-hydroxylation sites is 1. The molecule has 0 amide bonds. The van der Waals surface area contributed by atoms with Crippen LogP contribution in [-0.4, -0.2) is 20.2 Å². The van der Waals surface area contributed by atoms with Crippen LogP contribution in [0.3, 0.4) is 0 Å². The van der Waals surface area contributed by atoms with E-state index in [9.17, 15) is 0 Å². The van der Waals surface area contributed by atoms with Crippen molar-refractivity contribution in [2.24, 2.45) is 0 Å². The molecule has 5 nitrogen and oxygen atoms in total. The largest absolute Gasteiger partial charge is 0.348 e. The predicted molar refractivity (Wildman–Crippen MR) is 70.8 cm³/mol. The molecule has 0 unspecified atom stereocenters. The average Bonchev–Trinajstić information content (AvgIpc) is 3.09. The van der Waals surface area contributed by atoms with Crippen LogP contribution in [0, 0.1) is 0 Å². The first-order valence-corrected chi connectivity index (χ1v) is 6.41. The van der Waals surface area contributed by atoms with E-state index in [0.717, 1.165) is 12.2 Å². The van der Waals surface area contributed by atoms with Crippen LogP contribution in [0.5, 0.6) is 0 Å². The average molecular weight is 257 g/mol. The lowest BCUT2D eigenvalue weighted by atomic mass is 10.3. The third-order valence-electron chi connectivity index (χ3n) is 2.47. The number of nitrogens with one attached hydrogen (secondary N) is 1. The van der Waals surface area contributed by atoms with E-state index in [2.05, 4.69) is 32.3 Å². The van der Waals surface area contributed by atoms with Gasteiger partial charge in [-0.1, -0.05) is 29.4 Å². The van der Waals surface area contributed by atoms with Gasteiger partial charge in [0.2, 0.25) is 5.95 Å². The third-order valence-corrected chi connectivity index (χ3v) is 3.35. The minimum absolute atomic E-state index is 0.648. The Morgan fingerprint density at radius 3 is 2.78 bits per heavy atom. The lowest BCUT2D eigenvalue weighted by Gasteiger charge is -2.05. The number of tetrazole rings is 1. The van der Waals surface area contributed by atoms with E-state index >= 15 is 0 Å². The van der Waals surface area contributed by atoms with Gasteiger partial charge in [-0.3, -0.25) is 0 Å². The highest BCUT2D eigenvalue weighted by atomic mass is 32.1. The fraction of sp³-hybridized carbons (Fsp3) is 0.0833. The van der Waals surface area contributed by atoms with Crippen LogP contribution in [0.4, 0.5) is 5.95 Å². The summed E-state index contributed by atoms with van der Waals surface area (Å²) in [7, 11) is 0. The second-order valence-corrected chi connectivity index (χ2v) is 4.72. The van der Waals surface area contributed by atoms with Crippen LogP contribution < -0.4 is 5.32 Å². The summed E-state index contributed by atoms with van der Waals surface area (Å²) in [6, 6.07) is 13.9. The number of thiophene rings is 1. The molecule has 0 atom stereocenters. The highest BCUT2D eigenvalue weighted by Crippen LogP contribution is 2.13. The van der Waals surface area contributed by atoms with E-state index in [-0.39, 0.29) is 0 Å². The number of aromatic nitrogens is 4. The van der Waals surface area contributed by atoms with Crippen LogP contribution in [0.15, 0.2) is 47.8 Å². The van der Waals surface area contributed by atoms with E-state index in [1.165, 1.54) is 4.88 Å². The molecule has 0 fully saturated rings. The van der Waals surface area contributed by atoms with Gasteiger partial charge in [0.25, 0.3) is 0 Å². The van der Waals surface area contributed by atoms with Crippen molar-refractivity contribution in [3.63, 3.8) is 0 Å². The van der Waals surface area contributed by atoms with Gasteiger partial charge in [0.15, 0.2) is 0 Å². The lowest BCUT2D eigenvalue weighted by Crippen LogP contribution is -2.06. The molecule has 0 aliphatic rings. The Morgan fingerprint density at radius 2 is 2.00 bits per heavy atom. The number of rotatable bonds is 4. The standard InChI is InChI=1S/C12H11N5S/c1-2-5-10(6-3-1)17-12(14-15-16-17)13-9-11-7-4-8-18-11/h1-8H,9H2,(H,13,14,16). The summed E-state index contributed by atoms with van der Waals surface area (Å²) in [4.78, 5) is 1.25. The van der Waals surface area contributed by atoms with Gasteiger partial charge < -0.3 is 5.32 Å². The van der Waals surface area contributed by atoms with Crippen molar-refractivity contribution in [1.29, 1.82) is 0 Å². The molecule has 18 heavy (non-hydrogen) atoms. The van der Waals surface area contributed by atoms with Crippen molar-refractivity contribution in [3.05, 3.63) is 52.7 Å². The minimum atomic E-state index is 0.648. The quantitative estimate of drug-likeness (QED) is 0.779. The minimum Gasteiger partial charge on any atom is -0.348 e. The molecule has 0 bridgehead atoms. The molecule has 1 N–H and O–H groups in total. The monoisotopic (exact) mass is 257 g/mol. The Labute approximate surface area is 108 Å². The van der Waals surface area contributed by atoms with Crippen molar-refractivity contribution in [2.75, 3.05) is 5.32 Å². The van der Waals surface area contributed by atoms with Crippen LogP contribution >= 0.6 is 11.3 Å². The van der Waals surface area contributed by atoms with Crippen molar-refractivity contribution in [3.8, 4) is 5.69 Å². The molecule has 2 heterocycles. The maximum Gasteiger partial charge on any atom is 0.248 e. The zero-order chi connectivity index (χ0) is 12.2. The van der Waals surface area contributed by atoms with Crippen molar-refractivity contribution >= 4 is 17.3 Å². The molecule has 3 rings (SSSR count). The molecule has 2 aromatic heterocycles. The van der Waals surface area contributed by atoms with Crippen LogP contribution in [-0.2, 0) is 6.54 Å². The smallest absolute Gasteiger partial charge is 0.248 e. The molecular formula is C12H11N5S. The Hall–Kier alpha value is -2.21. The maximum atomic E-state index is 3.99. The zero-order valence-electron chi connectivity index (χ0n) is 9.52. The van der Waals surface area contributed by atoms with Gasteiger partial charge in [0, 0.05) is 4.88 Å². The summed E-state index contributed by atoms with van der Waals surface area (Å²) in [5.74, 6) is 0.648. The first-order chi connectivity index (χ1) is 8.93. The normalized spacial score (nSPS) is 10.4. The van der Waals surface area contributed by atoms with E-state index in [0.29, 0.717) is 5.95 Å². The van der Waals surface area contributed by atoms with E-state index in [1.807, 2.05) is 36.4 Å². The lowest BCUT2D eigenvalue weighted by molar-refractivity contribution is 0.789. The van der Waals surface area contributed by atoms with Crippen molar-refractivity contribution in [1.82, 2.24) is 20.2 Å². The Kier molecular flexibility index (Phi) is 3.01. The topological polar surface area (TPSA) is 55.6 Å². The Balaban J connectivity index is 1.80. The first-order valence-electron chi connectivity index (χ1n) is 5.53. The van der Waals surface area contributed by atoms with E-state index in [1.54, 1.807) is 16.0 Å². The SMILES string of the molecule is c1ccc(-n2nnnc2NCc2cccs2)cc1. The van der Waals surface area contributed by atoms with E-state index < -0.39 is 0 Å². The molecule has 0 radical (unpaired) electrons. The predicted octanol–water partition coefficient (Wildman–Crippen LogP) is 2.34. The summed E-state index contributed by atoms with van der Waals surface area (Å²) in [6.07, 6.45) is 0. The second kappa shape index (κ2) is 4.97. The molecule has 0 aliphatic heterocycles. The summed E-state index contributed by atoms with van der Waals surface area (Å²) < 4.78 is 1.69. The summed E-state index contributed by atoms with van der Waals surface area (Å²) in [5.41, 5.74) is 0.941. The Morgan fingerprint density at radius 1 is 1.11 bits per heavy atom. The van der Waals surface area contributed by atoms with Crippen molar-refractivity contribution in [2.45, 2.75) is 6.54 Å². The summed E-state index contributed by atoms with van der Waals surface area (Å²) in [5, 5.41) is 17.0. The molecule has 0 saturated heterocycles. The molecule has 90 valence electrons. The van der Waals surface area contributed by atoms with Crippen LogP contribution in [0.2, 0.25) is 0 Å². The summed E-state index contributed by atoms with van der Waals surface area (Å²) >= 11 is 1.71. The highest BCUT2D eigenvalue weighted by molar-refractivity contribution is 7.09. The molecular weight excluding hydrogens is 246 g/mol. The molecule has 6 heteroatoms. The van der Waals surface area contributed by atoms with Crippen LogP contribution in [0.1, 0.15) is 4.88 Å². The second-order valence-electron chi connectivity index (χ2n) is 3.68. The maximum absolute atomic E-state index is 3.99. The van der Waals surface area contributed by atoms with E-state index in [4.69, 9.17) is 0 Å². The first kappa shape index (κ1) is 10.9. The molecule has 3 aromatic rings. The van der Waals surface area contributed by atoms with Crippen LogP contribution in [0.25, 0.3) is 5.69 Å². The van der Waals surface area contributed by atoms with Gasteiger partial charge in [0.05, 0.1) is 12.2 Å².